The number of para-hydroxylation sites is 1. The SMILES string of the molecule is Cc1nc(-c2ccccc2)oc1CCOc1cccc(C[C@@H]2CN(C(=O)Oc3ccccc3)C[C@@H]2C(=O)O)c1. The molecular formula is C31H30N2O6. The zero-order valence-electron chi connectivity index (χ0n) is 21.7. The van der Waals surface area contributed by atoms with E-state index in [2.05, 4.69) is 4.98 Å². The van der Waals surface area contributed by atoms with Crippen LogP contribution in [-0.4, -0.2) is 46.7 Å². The Bertz CT molecular complexity index is 1420. The second-order valence-corrected chi connectivity index (χ2v) is 9.63. The average Bonchev–Trinajstić information content (AvgIpc) is 3.54. The summed E-state index contributed by atoms with van der Waals surface area (Å²) < 4.78 is 17.4. The van der Waals surface area contributed by atoms with Gasteiger partial charge in [0, 0.05) is 25.1 Å². The van der Waals surface area contributed by atoms with Gasteiger partial charge in [0.2, 0.25) is 5.89 Å². The molecule has 200 valence electrons. The molecule has 8 nitrogen and oxygen atoms in total. The number of carbonyl (C=O) groups is 2. The van der Waals surface area contributed by atoms with Crippen molar-refractivity contribution in [2.24, 2.45) is 11.8 Å². The molecule has 1 fully saturated rings. The van der Waals surface area contributed by atoms with Crippen LogP contribution in [0.25, 0.3) is 11.5 Å². The smallest absolute Gasteiger partial charge is 0.415 e. The zero-order valence-corrected chi connectivity index (χ0v) is 21.7. The minimum Gasteiger partial charge on any atom is -0.493 e. The highest BCUT2D eigenvalue weighted by atomic mass is 16.6. The summed E-state index contributed by atoms with van der Waals surface area (Å²) in [6.45, 7) is 2.75. The van der Waals surface area contributed by atoms with Crippen LogP contribution in [0.1, 0.15) is 17.0 Å². The van der Waals surface area contributed by atoms with Crippen LogP contribution in [0.15, 0.2) is 89.3 Å². The van der Waals surface area contributed by atoms with E-state index in [-0.39, 0.29) is 12.5 Å². The lowest BCUT2D eigenvalue weighted by Crippen LogP contribution is -2.32. The van der Waals surface area contributed by atoms with Gasteiger partial charge in [-0.05, 0) is 61.2 Å². The Morgan fingerprint density at radius 3 is 2.44 bits per heavy atom. The van der Waals surface area contributed by atoms with Gasteiger partial charge in [0.1, 0.15) is 17.3 Å². The number of hydrogen-bond donors (Lipinski definition) is 1. The number of benzene rings is 3. The molecule has 4 aromatic rings. The number of nitrogens with zero attached hydrogens (tertiary/aromatic N) is 2. The van der Waals surface area contributed by atoms with Crippen LogP contribution in [0.2, 0.25) is 0 Å². The number of amides is 1. The van der Waals surface area contributed by atoms with Gasteiger partial charge in [-0.2, -0.15) is 0 Å². The van der Waals surface area contributed by atoms with E-state index in [1.54, 1.807) is 24.3 Å². The van der Waals surface area contributed by atoms with Gasteiger partial charge in [0.05, 0.1) is 18.2 Å². The van der Waals surface area contributed by atoms with Crippen molar-refractivity contribution >= 4 is 12.1 Å². The molecule has 2 heterocycles. The highest BCUT2D eigenvalue weighted by molar-refractivity contribution is 5.75. The first-order valence-corrected chi connectivity index (χ1v) is 12.9. The molecule has 0 aliphatic carbocycles. The fourth-order valence-corrected chi connectivity index (χ4v) is 4.85. The maximum Gasteiger partial charge on any atom is 0.415 e. The second-order valence-electron chi connectivity index (χ2n) is 9.63. The summed E-state index contributed by atoms with van der Waals surface area (Å²) in [5.74, 6) is 0.664. The van der Waals surface area contributed by atoms with Crippen molar-refractivity contribution in [2.45, 2.75) is 19.8 Å². The van der Waals surface area contributed by atoms with E-state index in [0.717, 1.165) is 22.6 Å². The fraction of sp³-hybridized carbons (Fsp3) is 0.258. The number of aliphatic carboxylic acids is 1. The number of carbonyl (C=O) groups excluding carboxylic acids is 1. The predicted octanol–water partition coefficient (Wildman–Crippen LogP) is 5.65. The van der Waals surface area contributed by atoms with E-state index < -0.39 is 18.0 Å². The molecule has 1 amide bonds. The largest absolute Gasteiger partial charge is 0.493 e. The van der Waals surface area contributed by atoms with Crippen molar-refractivity contribution in [2.75, 3.05) is 19.7 Å². The lowest BCUT2D eigenvalue weighted by Gasteiger charge is -2.16. The average molecular weight is 527 g/mol. The monoisotopic (exact) mass is 526 g/mol. The minimum atomic E-state index is -0.917. The third-order valence-electron chi connectivity index (χ3n) is 6.87. The topological polar surface area (TPSA) is 102 Å². The summed E-state index contributed by atoms with van der Waals surface area (Å²) in [7, 11) is 0. The summed E-state index contributed by atoms with van der Waals surface area (Å²) in [6, 6.07) is 26.2. The number of carboxylic acid groups (broad SMARTS) is 1. The van der Waals surface area contributed by atoms with E-state index in [9.17, 15) is 14.7 Å². The number of ether oxygens (including phenoxy) is 2. The quantitative estimate of drug-likeness (QED) is 0.301. The molecule has 0 unspecified atom stereocenters. The lowest BCUT2D eigenvalue weighted by atomic mass is 9.90. The highest BCUT2D eigenvalue weighted by Crippen LogP contribution is 2.29. The van der Waals surface area contributed by atoms with Gasteiger partial charge < -0.3 is 23.9 Å². The predicted molar refractivity (Wildman–Crippen MR) is 145 cm³/mol. The Kier molecular flexibility index (Phi) is 7.91. The molecule has 5 rings (SSSR count). The number of aryl methyl sites for hydroxylation is 1. The number of likely N-dealkylation sites (tertiary alicyclic amines) is 1. The molecule has 8 heteroatoms. The normalized spacial score (nSPS) is 16.7. The Hall–Kier alpha value is -4.59. The first-order chi connectivity index (χ1) is 19.0. The Morgan fingerprint density at radius 1 is 0.974 bits per heavy atom. The van der Waals surface area contributed by atoms with E-state index in [4.69, 9.17) is 13.9 Å². The van der Waals surface area contributed by atoms with Crippen LogP contribution in [0.4, 0.5) is 4.79 Å². The molecule has 2 atom stereocenters. The molecule has 1 N–H and O–H groups in total. The zero-order chi connectivity index (χ0) is 27.2. The molecule has 1 aliphatic heterocycles. The molecule has 1 saturated heterocycles. The minimum absolute atomic E-state index is 0.114. The molecule has 3 aromatic carbocycles. The van der Waals surface area contributed by atoms with Crippen LogP contribution in [-0.2, 0) is 17.6 Å². The number of oxazole rings is 1. The summed E-state index contributed by atoms with van der Waals surface area (Å²) in [6.07, 6.45) is 0.536. The maximum atomic E-state index is 12.7. The summed E-state index contributed by atoms with van der Waals surface area (Å²) in [4.78, 5) is 30.6. The summed E-state index contributed by atoms with van der Waals surface area (Å²) in [5, 5.41) is 9.81. The van der Waals surface area contributed by atoms with Crippen LogP contribution in [0.5, 0.6) is 11.5 Å². The van der Waals surface area contributed by atoms with Crippen LogP contribution in [0.3, 0.4) is 0 Å². The Morgan fingerprint density at radius 2 is 1.69 bits per heavy atom. The Labute approximate surface area is 226 Å². The van der Waals surface area contributed by atoms with Gasteiger partial charge in [-0.1, -0.05) is 48.5 Å². The fourth-order valence-electron chi connectivity index (χ4n) is 4.85. The van der Waals surface area contributed by atoms with Crippen molar-refractivity contribution in [1.82, 2.24) is 9.88 Å². The van der Waals surface area contributed by atoms with E-state index in [1.807, 2.05) is 67.6 Å². The number of aromatic nitrogens is 1. The van der Waals surface area contributed by atoms with E-state index in [1.165, 1.54) is 4.90 Å². The number of hydrogen-bond acceptors (Lipinski definition) is 6. The first-order valence-electron chi connectivity index (χ1n) is 12.9. The van der Waals surface area contributed by atoms with Crippen molar-refractivity contribution in [3.8, 4) is 23.0 Å². The van der Waals surface area contributed by atoms with Gasteiger partial charge in [-0.15, -0.1) is 0 Å². The second kappa shape index (κ2) is 11.9. The van der Waals surface area contributed by atoms with Gasteiger partial charge in [-0.25, -0.2) is 9.78 Å². The molecule has 39 heavy (non-hydrogen) atoms. The van der Waals surface area contributed by atoms with Crippen molar-refractivity contribution in [3.63, 3.8) is 0 Å². The molecular weight excluding hydrogens is 496 g/mol. The molecule has 1 aromatic heterocycles. The van der Waals surface area contributed by atoms with E-state index >= 15 is 0 Å². The molecule has 1 aliphatic rings. The molecule has 0 radical (unpaired) electrons. The van der Waals surface area contributed by atoms with Gasteiger partial charge in [0.15, 0.2) is 0 Å². The van der Waals surface area contributed by atoms with Crippen LogP contribution >= 0.6 is 0 Å². The third-order valence-corrected chi connectivity index (χ3v) is 6.87. The van der Waals surface area contributed by atoms with Crippen LogP contribution in [0, 0.1) is 18.8 Å². The van der Waals surface area contributed by atoms with Crippen molar-refractivity contribution in [3.05, 3.63) is 102 Å². The summed E-state index contributed by atoms with van der Waals surface area (Å²) in [5.41, 5.74) is 2.71. The number of rotatable bonds is 9. The van der Waals surface area contributed by atoms with Crippen molar-refractivity contribution < 1.29 is 28.6 Å². The Balaban J connectivity index is 1.18. The number of carboxylic acids is 1. The van der Waals surface area contributed by atoms with Gasteiger partial charge in [-0.3, -0.25) is 4.79 Å². The standard InChI is InChI=1S/C31H30N2O6/c1-21-28(39-29(32-21)23-10-4-2-5-11-23)15-16-37-26-14-8-9-22(18-26)17-24-19-33(20-27(24)30(34)35)31(36)38-25-12-6-3-7-13-25/h2-14,18,24,27H,15-17,19-20H2,1H3,(H,34,35)/t24-,27+/m1/s1. The highest BCUT2D eigenvalue weighted by Gasteiger charge is 2.40. The van der Waals surface area contributed by atoms with Crippen LogP contribution < -0.4 is 9.47 Å². The molecule has 0 bridgehead atoms. The third kappa shape index (κ3) is 6.46. The lowest BCUT2D eigenvalue weighted by molar-refractivity contribution is -0.142. The molecule has 0 saturated carbocycles. The van der Waals surface area contributed by atoms with E-state index in [0.29, 0.717) is 43.4 Å². The van der Waals surface area contributed by atoms with Gasteiger partial charge >= 0.3 is 12.1 Å². The summed E-state index contributed by atoms with van der Waals surface area (Å²) >= 11 is 0. The maximum absolute atomic E-state index is 12.7. The van der Waals surface area contributed by atoms with Crippen molar-refractivity contribution in [1.29, 1.82) is 0 Å². The molecule has 0 spiro atoms. The first kappa shape index (κ1) is 26.0. The van der Waals surface area contributed by atoms with Gasteiger partial charge in [0.25, 0.3) is 0 Å².